The lowest BCUT2D eigenvalue weighted by molar-refractivity contribution is -0.111. The van der Waals surface area contributed by atoms with Crippen LogP contribution >= 0.6 is 11.3 Å². The molecule has 1 aromatic heterocycles. The van der Waals surface area contributed by atoms with Crippen LogP contribution in [0, 0.1) is 12.7 Å². The van der Waals surface area contributed by atoms with Crippen molar-refractivity contribution in [2.75, 3.05) is 11.1 Å². The smallest absolute Gasteiger partial charge is 0.250 e. The van der Waals surface area contributed by atoms with E-state index in [0.29, 0.717) is 15.8 Å². The van der Waals surface area contributed by atoms with Crippen molar-refractivity contribution < 1.29 is 9.18 Å². The number of nitrogens with zero attached hydrogens (tertiary/aromatic N) is 1. The Morgan fingerprint density at radius 1 is 1.42 bits per heavy atom. The van der Waals surface area contributed by atoms with E-state index in [-0.39, 0.29) is 11.7 Å². The lowest BCUT2D eigenvalue weighted by atomic mass is 10.2. The summed E-state index contributed by atoms with van der Waals surface area (Å²) in [6.07, 6.45) is 2.96. The van der Waals surface area contributed by atoms with Crippen molar-refractivity contribution >= 4 is 33.5 Å². The van der Waals surface area contributed by atoms with Gasteiger partial charge in [-0.2, -0.15) is 0 Å². The first-order valence-corrected chi connectivity index (χ1v) is 6.34. The van der Waals surface area contributed by atoms with Crippen LogP contribution in [0.15, 0.2) is 30.3 Å². The van der Waals surface area contributed by atoms with Crippen molar-refractivity contribution in [3.8, 4) is 0 Å². The molecule has 0 atom stereocenters. The number of carbonyl (C=O) groups excluding carboxylic acids is 1. The van der Waals surface area contributed by atoms with Crippen LogP contribution in [-0.2, 0) is 4.79 Å². The molecule has 2 aromatic rings. The highest BCUT2D eigenvalue weighted by atomic mass is 32.1. The quantitative estimate of drug-likeness (QED) is 0.848. The van der Waals surface area contributed by atoms with Gasteiger partial charge in [-0.3, -0.25) is 10.1 Å². The maximum absolute atomic E-state index is 12.7. The van der Waals surface area contributed by atoms with E-state index in [0.717, 1.165) is 5.56 Å². The fourth-order valence-corrected chi connectivity index (χ4v) is 2.09. The van der Waals surface area contributed by atoms with Crippen LogP contribution in [0.2, 0.25) is 0 Å². The van der Waals surface area contributed by atoms with Crippen molar-refractivity contribution in [1.82, 2.24) is 4.98 Å². The molecule has 2 rings (SSSR count). The molecule has 1 amide bonds. The van der Waals surface area contributed by atoms with Crippen LogP contribution in [0.3, 0.4) is 0 Å². The van der Waals surface area contributed by atoms with Gasteiger partial charge in [0.2, 0.25) is 5.91 Å². The van der Waals surface area contributed by atoms with Crippen LogP contribution in [-0.4, -0.2) is 10.9 Å². The molecule has 0 saturated heterocycles. The summed E-state index contributed by atoms with van der Waals surface area (Å²) in [5, 5.41) is 3.66. The normalized spacial score (nSPS) is 10.8. The molecule has 0 spiro atoms. The first-order valence-electron chi connectivity index (χ1n) is 5.52. The number of hydrogen-bond donors (Lipinski definition) is 2. The SMILES string of the molecule is Cc1nc(NC(=O)/C=C/c2ccc(F)cc2)sc1N. The number of amides is 1. The number of carbonyl (C=O) groups is 1. The molecule has 98 valence electrons. The van der Waals surface area contributed by atoms with Gasteiger partial charge in [0.25, 0.3) is 0 Å². The molecule has 0 aliphatic heterocycles. The molecule has 1 aromatic carbocycles. The summed E-state index contributed by atoms with van der Waals surface area (Å²) in [5.74, 6) is -0.617. The molecule has 4 nitrogen and oxygen atoms in total. The van der Waals surface area contributed by atoms with Crippen LogP contribution in [0.25, 0.3) is 6.08 Å². The highest BCUT2D eigenvalue weighted by Gasteiger charge is 2.05. The number of hydrogen-bond acceptors (Lipinski definition) is 4. The van der Waals surface area contributed by atoms with Gasteiger partial charge >= 0.3 is 0 Å². The number of thiazole rings is 1. The van der Waals surface area contributed by atoms with Crippen molar-refractivity contribution in [2.24, 2.45) is 0 Å². The van der Waals surface area contributed by atoms with E-state index >= 15 is 0 Å². The highest BCUT2D eigenvalue weighted by molar-refractivity contribution is 7.19. The van der Waals surface area contributed by atoms with Crippen LogP contribution in [0.4, 0.5) is 14.5 Å². The third-order valence-corrected chi connectivity index (χ3v) is 3.26. The Balaban J connectivity index is 1.99. The molecule has 0 fully saturated rings. The Morgan fingerprint density at radius 2 is 2.11 bits per heavy atom. The van der Waals surface area contributed by atoms with Gasteiger partial charge in [0.05, 0.1) is 5.69 Å². The molecular formula is C13H12FN3OS. The third kappa shape index (κ3) is 3.62. The van der Waals surface area contributed by atoms with Gasteiger partial charge in [0.15, 0.2) is 5.13 Å². The minimum atomic E-state index is -0.310. The average Bonchev–Trinajstić information content (AvgIpc) is 2.67. The maximum Gasteiger partial charge on any atom is 0.250 e. The minimum Gasteiger partial charge on any atom is -0.389 e. The summed E-state index contributed by atoms with van der Waals surface area (Å²) in [6.45, 7) is 1.77. The van der Waals surface area contributed by atoms with E-state index < -0.39 is 0 Å². The Labute approximate surface area is 113 Å². The van der Waals surface area contributed by atoms with Crippen LogP contribution in [0.1, 0.15) is 11.3 Å². The van der Waals surface area contributed by atoms with Gasteiger partial charge in [-0.05, 0) is 30.7 Å². The fourth-order valence-electron chi connectivity index (χ4n) is 1.35. The van der Waals surface area contributed by atoms with Gasteiger partial charge in [-0.1, -0.05) is 23.5 Å². The number of aryl methyl sites for hydroxylation is 1. The summed E-state index contributed by atoms with van der Waals surface area (Å²) < 4.78 is 12.7. The number of aromatic nitrogens is 1. The second kappa shape index (κ2) is 5.62. The van der Waals surface area contributed by atoms with E-state index in [1.807, 2.05) is 0 Å². The maximum atomic E-state index is 12.7. The number of rotatable bonds is 3. The zero-order valence-corrected chi connectivity index (χ0v) is 11.0. The van der Waals surface area contributed by atoms with Crippen molar-refractivity contribution in [1.29, 1.82) is 0 Å². The summed E-state index contributed by atoms with van der Waals surface area (Å²) in [7, 11) is 0. The molecule has 19 heavy (non-hydrogen) atoms. The van der Waals surface area contributed by atoms with E-state index in [2.05, 4.69) is 10.3 Å². The molecule has 0 saturated carbocycles. The first-order chi connectivity index (χ1) is 9.04. The predicted octanol–water partition coefficient (Wildman–Crippen LogP) is 2.82. The zero-order chi connectivity index (χ0) is 13.8. The molecule has 0 radical (unpaired) electrons. The Bertz CT molecular complexity index is 600. The zero-order valence-electron chi connectivity index (χ0n) is 10.2. The molecule has 0 unspecified atom stereocenters. The van der Waals surface area contributed by atoms with Crippen molar-refractivity contribution in [3.63, 3.8) is 0 Å². The van der Waals surface area contributed by atoms with Gasteiger partial charge in [-0.25, -0.2) is 9.37 Å². The summed E-state index contributed by atoms with van der Waals surface area (Å²) in [5.41, 5.74) is 7.09. The Kier molecular flexibility index (Phi) is 3.91. The van der Waals surface area contributed by atoms with Crippen LogP contribution in [0.5, 0.6) is 0 Å². The van der Waals surface area contributed by atoms with Gasteiger partial charge in [0.1, 0.15) is 10.8 Å². The van der Waals surface area contributed by atoms with E-state index in [1.54, 1.807) is 25.1 Å². The number of nitrogens with one attached hydrogen (secondary N) is 1. The predicted molar refractivity (Wildman–Crippen MR) is 75.3 cm³/mol. The first kappa shape index (κ1) is 13.2. The Morgan fingerprint density at radius 3 is 2.68 bits per heavy atom. The second-order valence-electron chi connectivity index (χ2n) is 3.84. The minimum absolute atomic E-state index is 0.307. The molecule has 0 aliphatic carbocycles. The lowest BCUT2D eigenvalue weighted by Gasteiger charge is -1.96. The Hall–Kier alpha value is -2.21. The standard InChI is InChI=1S/C13H12FN3OS/c1-8-12(15)19-13(16-8)17-11(18)7-4-9-2-5-10(14)6-3-9/h2-7H,15H2,1H3,(H,16,17,18)/b7-4+. The average molecular weight is 277 g/mol. The van der Waals surface area contributed by atoms with Crippen LogP contribution < -0.4 is 11.1 Å². The molecule has 0 aliphatic rings. The van der Waals surface area contributed by atoms with Crippen molar-refractivity contribution in [2.45, 2.75) is 6.92 Å². The van der Waals surface area contributed by atoms with E-state index in [9.17, 15) is 9.18 Å². The van der Waals surface area contributed by atoms with E-state index in [4.69, 9.17) is 5.73 Å². The van der Waals surface area contributed by atoms with Gasteiger partial charge in [0, 0.05) is 6.08 Å². The van der Waals surface area contributed by atoms with Crippen molar-refractivity contribution in [3.05, 3.63) is 47.4 Å². The summed E-state index contributed by atoms with van der Waals surface area (Å²) in [6, 6.07) is 5.85. The van der Waals surface area contributed by atoms with Gasteiger partial charge in [-0.15, -0.1) is 0 Å². The lowest BCUT2D eigenvalue weighted by Crippen LogP contribution is -2.07. The topological polar surface area (TPSA) is 68.0 Å². The molecule has 0 bridgehead atoms. The summed E-state index contributed by atoms with van der Waals surface area (Å²) >= 11 is 1.22. The number of benzene rings is 1. The number of nitrogens with two attached hydrogens (primary N) is 1. The highest BCUT2D eigenvalue weighted by Crippen LogP contribution is 2.24. The number of anilines is 2. The molecule has 1 heterocycles. The van der Waals surface area contributed by atoms with Gasteiger partial charge < -0.3 is 5.73 Å². The largest absolute Gasteiger partial charge is 0.389 e. The third-order valence-electron chi connectivity index (χ3n) is 2.36. The number of halogens is 1. The number of nitrogen functional groups attached to an aromatic ring is 1. The molecule has 6 heteroatoms. The van der Waals surface area contributed by atoms with E-state index in [1.165, 1.54) is 29.5 Å². The fraction of sp³-hybridized carbons (Fsp3) is 0.0769. The molecule has 3 N–H and O–H groups in total. The summed E-state index contributed by atoms with van der Waals surface area (Å²) in [4.78, 5) is 15.7. The second-order valence-corrected chi connectivity index (χ2v) is 4.87. The monoisotopic (exact) mass is 277 g/mol. The molecular weight excluding hydrogens is 265 g/mol.